The fraction of sp³-hybridized carbons (Fsp3) is 0.0385. The molecule has 0 radical (unpaired) electrons. The van der Waals surface area contributed by atoms with Crippen molar-refractivity contribution >= 4 is 33.4 Å². The minimum absolute atomic E-state index is 0.0991. The number of nitrogens with zero attached hydrogens (tertiary/aromatic N) is 1. The Morgan fingerprint density at radius 3 is 2.14 bits per heavy atom. The molecule has 1 amide bonds. The molecule has 0 fully saturated rings. The zero-order chi connectivity index (χ0) is 19.6. The Hall–Kier alpha value is -3.85. The van der Waals surface area contributed by atoms with Crippen LogP contribution in [0.25, 0.3) is 21.8 Å². The molecule has 0 atom stereocenters. The van der Waals surface area contributed by atoms with Crippen molar-refractivity contribution in [1.29, 1.82) is 0 Å². The lowest BCUT2D eigenvalue weighted by Crippen LogP contribution is -2.11. The smallest absolute Gasteiger partial charge is 0.255 e. The molecule has 0 aliphatic heterocycles. The molecule has 0 saturated heterocycles. The highest BCUT2D eigenvalue weighted by Gasteiger charge is 2.12. The minimum Gasteiger partial charge on any atom is -0.336 e. The third kappa shape index (κ3) is 3.27. The van der Waals surface area contributed by atoms with Gasteiger partial charge in [-0.25, -0.2) is 0 Å². The van der Waals surface area contributed by atoms with E-state index >= 15 is 0 Å². The van der Waals surface area contributed by atoms with Crippen molar-refractivity contribution in [3.8, 4) is 0 Å². The summed E-state index contributed by atoms with van der Waals surface area (Å²) in [5.41, 5.74) is 5.07. The standard InChI is InChI=1S/C26H20N2O/c29-26(20-11-5-2-6-12-20)27-21-15-16-25-23(17-21)22-13-7-8-14-24(22)28(25)18-19-9-3-1-4-10-19/h1-17H,18H2,(H,27,29). The molecule has 0 spiro atoms. The molecule has 0 aliphatic rings. The average molecular weight is 376 g/mol. The van der Waals surface area contributed by atoms with Crippen LogP contribution in [0.5, 0.6) is 0 Å². The van der Waals surface area contributed by atoms with Crippen LogP contribution in [0.15, 0.2) is 103 Å². The molecular formula is C26H20N2O. The predicted octanol–water partition coefficient (Wildman–Crippen LogP) is 6.10. The van der Waals surface area contributed by atoms with E-state index in [0.29, 0.717) is 5.56 Å². The van der Waals surface area contributed by atoms with Gasteiger partial charge in [0.25, 0.3) is 5.91 Å². The lowest BCUT2D eigenvalue weighted by molar-refractivity contribution is 0.102. The van der Waals surface area contributed by atoms with Crippen molar-refractivity contribution in [2.24, 2.45) is 0 Å². The van der Waals surface area contributed by atoms with Gasteiger partial charge in [0.1, 0.15) is 0 Å². The molecule has 3 heteroatoms. The Bertz CT molecular complexity index is 1300. The maximum absolute atomic E-state index is 12.5. The highest BCUT2D eigenvalue weighted by Crippen LogP contribution is 2.31. The summed E-state index contributed by atoms with van der Waals surface area (Å²) < 4.78 is 2.34. The maximum atomic E-state index is 12.5. The fourth-order valence-corrected chi connectivity index (χ4v) is 3.86. The summed E-state index contributed by atoms with van der Waals surface area (Å²) in [6.45, 7) is 0.806. The Morgan fingerprint density at radius 2 is 1.34 bits per heavy atom. The van der Waals surface area contributed by atoms with E-state index in [1.165, 1.54) is 16.5 Å². The second-order valence-electron chi connectivity index (χ2n) is 7.14. The molecule has 29 heavy (non-hydrogen) atoms. The first-order chi connectivity index (χ1) is 14.3. The Kier molecular flexibility index (Phi) is 4.34. The molecule has 0 unspecified atom stereocenters. The van der Waals surface area contributed by atoms with Crippen LogP contribution in [0.4, 0.5) is 5.69 Å². The molecule has 0 bridgehead atoms. The van der Waals surface area contributed by atoms with Gasteiger partial charge in [-0.2, -0.15) is 0 Å². The molecule has 140 valence electrons. The van der Waals surface area contributed by atoms with E-state index in [-0.39, 0.29) is 5.91 Å². The van der Waals surface area contributed by atoms with Gasteiger partial charge >= 0.3 is 0 Å². The van der Waals surface area contributed by atoms with Gasteiger partial charge in [0.15, 0.2) is 0 Å². The van der Waals surface area contributed by atoms with Gasteiger partial charge in [-0.1, -0.05) is 66.7 Å². The van der Waals surface area contributed by atoms with Gasteiger partial charge in [0.2, 0.25) is 0 Å². The van der Waals surface area contributed by atoms with Crippen LogP contribution >= 0.6 is 0 Å². The first-order valence-electron chi connectivity index (χ1n) is 9.71. The van der Waals surface area contributed by atoms with Crippen molar-refractivity contribution in [2.45, 2.75) is 6.54 Å². The predicted molar refractivity (Wildman–Crippen MR) is 119 cm³/mol. The third-order valence-corrected chi connectivity index (χ3v) is 5.25. The van der Waals surface area contributed by atoms with Crippen molar-refractivity contribution in [2.75, 3.05) is 5.32 Å². The van der Waals surface area contributed by atoms with E-state index in [9.17, 15) is 4.79 Å². The highest BCUT2D eigenvalue weighted by molar-refractivity contribution is 6.11. The molecule has 3 nitrogen and oxygen atoms in total. The van der Waals surface area contributed by atoms with E-state index in [1.54, 1.807) is 0 Å². The van der Waals surface area contributed by atoms with Gasteiger partial charge in [-0.15, -0.1) is 0 Å². The lowest BCUT2D eigenvalue weighted by atomic mass is 10.1. The number of anilines is 1. The zero-order valence-corrected chi connectivity index (χ0v) is 15.9. The Balaban J connectivity index is 1.58. The minimum atomic E-state index is -0.0991. The fourth-order valence-electron chi connectivity index (χ4n) is 3.86. The zero-order valence-electron chi connectivity index (χ0n) is 15.9. The number of aromatic nitrogens is 1. The second kappa shape index (κ2) is 7.28. The summed E-state index contributed by atoms with van der Waals surface area (Å²) in [5.74, 6) is -0.0991. The summed E-state index contributed by atoms with van der Waals surface area (Å²) in [5, 5.41) is 5.36. The largest absolute Gasteiger partial charge is 0.336 e. The number of hydrogen-bond donors (Lipinski definition) is 1. The molecule has 4 aromatic carbocycles. The molecular weight excluding hydrogens is 356 g/mol. The quantitative estimate of drug-likeness (QED) is 0.404. The molecule has 1 aromatic heterocycles. The van der Waals surface area contributed by atoms with E-state index in [0.717, 1.165) is 23.1 Å². The van der Waals surface area contributed by atoms with E-state index in [1.807, 2.05) is 42.5 Å². The van der Waals surface area contributed by atoms with Crippen molar-refractivity contribution in [3.05, 3.63) is 114 Å². The van der Waals surface area contributed by atoms with Gasteiger partial charge < -0.3 is 9.88 Å². The van der Waals surface area contributed by atoms with Gasteiger partial charge in [-0.3, -0.25) is 4.79 Å². The number of rotatable bonds is 4. The molecule has 1 heterocycles. The molecule has 5 rings (SSSR count). The van der Waals surface area contributed by atoms with Crippen LogP contribution in [0, 0.1) is 0 Å². The summed E-state index contributed by atoms with van der Waals surface area (Å²) in [6, 6.07) is 34.3. The summed E-state index contributed by atoms with van der Waals surface area (Å²) >= 11 is 0. The Morgan fingerprint density at radius 1 is 0.690 bits per heavy atom. The number of para-hydroxylation sites is 1. The lowest BCUT2D eigenvalue weighted by Gasteiger charge is -2.09. The van der Waals surface area contributed by atoms with Crippen molar-refractivity contribution in [1.82, 2.24) is 4.57 Å². The molecule has 0 saturated carbocycles. The number of fused-ring (bicyclic) bond motifs is 3. The van der Waals surface area contributed by atoms with Crippen LogP contribution in [0.1, 0.15) is 15.9 Å². The summed E-state index contributed by atoms with van der Waals surface area (Å²) in [6.07, 6.45) is 0. The van der Waals surface area contributed by atoms with Crippen LogP contribution in [0.2, 0.25) is 0 Å². The van der Waals surface area contributed by atoms with Crippen LogP contribution in [0.3, 0.4) is 0 Å². The normalized spacial score (nSPS) is 11.0. The SMILES string of the molecule is O=C(Nc1ccc2c(c1)c1ccccc1n2Cc1ccccc1)c1ccccc1. The monoisotopic (exact) mass is 376 g/mol. The molecule has 0 aliphatic carbocycles. The molecule has 1 N–H and O–H groups in total. The van der Waals surface area contributed by atoms with Gasteiger partial charge in [0, 0.05) is 39.6 Å². The number of carbonyl (C=O) groups excluding carboxylic acids is 1. The maximum Gasteiger partial charge on any atom is 0.255 e. The topological polar surface area (TPSA) is 34.0 Å². The van der Waals surface area contributed by atoms with Crippen molar-refractivity contribution < 1.29 is 4.79 Å². The summed E-state index contributed by atoms with van der Waals surface area (Å²) in [7, 11) is 0. The van der Waals surface area contributed by atoms with E-state index < -0.39 is 0 Å². The van der Waals surface area contributed by atoms with E-state index in [4.69, 9.17) is 0 Å². The number of hydrogen-bond acceptors (Lipinski definition) is 1. The van der Waals surface area contributed by atoms with Crippen LogP contribution in [-0.2, 0) is 6.54 Å². The van der Waals surface area contributed by atoms with E-state index in [2.05, 4.69) is 70.5 Å². The second-order valence-corrected chi connectivity index (χ2v) is 7.14. The third-order valence-electron chi connectivity index (χ3n) is 5.25. The average Bonchev–Trinajstić information content (AvgIpc) is 3.08. The molecule has 5 aromatic rings. The first-order valence-corrected chi connectivity index (χ1v) is 9.71. The number of carbonyl (C=O) groups is 1. The highest BCUT2D eigenvalue weighted by atomic mass is 16.1. The first kappa shape index (κ1) is 17.3. The van der Waals surface area contributed by atoms with Gasteiger partial charge in [0.05, 0.1) is 0 Å². The number of amides is 1. The number of benzene rings is 4. The summed E-state index contributed by atoms with van der Waals surface area (Å²) in [4.78, 5) is 12.5. The Labute approximate surface area is 169 Å². The number of nitrogens with one attached hydrogen (secondary N) is 1. The van der Waals surface area contributed by atoms with Gasteiger partial charge in [-0.05, 0) is 42.0 Å². The van der Waals surface area contributed by atoms with Crippen LogP contribution in [-0.4, -0.2) is 10.5 Å². The van der Waals surface area contributed by atoms with Crippen molar-refractivity contribution in [3.63, 3.8) is 0 Å². The van der Waals surface area contributed by atoms with Crippen LogP contribution < -0.4 is 5.32 Å².